The molecule has 0 radical (unpaired) electrons. The summed E-state index contributed by atoms with van der Waals surface area (Å²) in [6.07, 6.45) is 0.0106. The van der Waals surface area contributed by atoms with Gasteiger partial charge in [0.15, 0.2) is 0 Å². The number of hydrogen-bond acceptors (Lipinski definition) is 2. The lowest BCUT2D eigenvalue weighted by Gasteiger charge is -2.25. The van der Waals surface area contributed by atoms with E-state index in [1.54, 1.807) is 6.07 Å². The average molecular weight is 283 g/mol. The molecule has 0 saturated carbocycles. The van der Waals surface area contributed by atoms with Crippen LogP contribution in [0.25, 0.3) is 0 Å². The minimum atomic E-state index is -0.852. The Bertz CT molecular complexity index is 492. The Kier molecular flexibility index (Phi) is 5.01. The maximum atomic E-state index is 10.9. The molecule has 0 saturated heterocycles. The molecule has 0 fully saturated rings. The van der Waals surface area contributed by atoms with Crippen molar-refractivity contribution in [1.82, 2.24) is 0 Å². The van der Waals surface area contributed by atoms with Gasteiger partial charge in [-0.3, -0.25) is 4.79 Å². The number of carbonyl (C=O) groups is 1. The fourth-order valence-electron chi connectivity index (χ4n) is 1.82. The molecule has 0 atom stereocenters. The predicted molar refractivity (Wildman–Crippen MR) is 77.0 cm³/mol. The largest absolute Gasteiger partial charge is 0.488 e. The molecule has 0 aliphatic heterocycles. The summed E-state index contributed by atoms with van der Waals surface area (Å²) < 4.78 is 5.56. The van der Waals surface area contributed by atoms with Crippen LogP contribution in [0.15, 0.2) is 30.4 Å². The minimum absolute atomic E-state index is 0.0106. The normalized spacial score (nSPS) is 11.2. The molecular weight excluding hydrogens is 264 g/mol. The summed E-state index contributed by atoms with van der Waals surface area (Å²) in [4.78, 5) is 10.9. The van der Waals surface area contributed by atoms with E-state index in [4.69, 9.17) is 21.4 Å². The Labute approximate surface area is 118 Å². The molecule has 0 spiro atoms. The van der Waals surface area contributed by atoms with Crippen LogP contribution in [0.2, 0.25) is 5.02 Å². The Balaban J connectivity index is 3.06. The highest BCUT2D eigenvalue weighted by atomic mass is 35.5. The van der Waals surface area contributed by atoms with Crippen molar-refractivity contribution in [3.63, 3.8) is 0 Å². The van der Waals surface area contributed by atoms with E-state index in [1.807, 2.05) is 32.9 Å². The van der Waals surface area contributed by atoms with Gasteiger partial charge < -0.3 is 9.84 Å². The van der Waals surface area contributed by atoms with Crippen molar-refractivity contribution < 1.29 is 14.6 Å². The van der Waals surface area contributed by atoms with Crippen molar-refractivity contribution in [3.05, 3.63) is 40.9 Å². The molecule has 1 N–H and O–H groups in total. The maximum absolute atomic E-state index is 10.9. The fraction of sp³-hybridized carbons (Fsp3) is 0.400. The number of benzene rings is 1. The summed E-state index contributed by atoms with van der Waals surface area (Å²) in [6, 6.07) is 5.42. The minimum Gasteiger partial charge on any atom is -0.488 e. The standard InChI is InChI=1S/C15H19ClO3/c1-10(2)9-19-12-7-5-6-11(14(12)16)15(3,4)8-13(17)18/h5-7H,1,8-9H2,2-4H3,(H,17,18). The zero-order chi connectivity index (χ0) is 14.6. The summed E-state index contributed by atoms with van der Waals surface area (Å²) >= 11 is 6.31. The van der Waals surface area contributed by atoms with Crippen molar-refractivity contribution in [1.29, 1.82) is 0 Å². The lowest BCUT2D eigenvalue weighted by Crippen LogP contribution is -2.22. The Hall–Kier alpha value is -1.48. The van der Waals surface area contributed by atoms with Gasteiger partial charge in [-0.2, -0.15) is 0 Å². The fourth-order valence-corrected chi connectivity index (χ4v) is 2.26. The highest BCUT2D eigenvalue weighted by Gasteiger charge is 2.27. The van der Waals surface area contributed by atoms with Gasteiger partial charge in [-0.25, -0.2) is 0 Å². The van der Waals surface area contributed by atoms with Gasteiger partial charge in [-0.1, -0.05) is 44.2 Å². The van der Waals surface area contributed by atoms with Gasteiger partial charge >= 0.3 is 5.97 Å². The van der Waals surface area contributed by atoms with Crippen molar-refractivity contribution in [2.24, 2.45) is 0 Å². The number of aliphatic carboxylic acids is 1. The van der Waals surface area contributed by atoms with Crippen molar-refractivity contribution in [2.45, 2.75) is 32.6 Å². The van der Waals surface area contributed by atoms with Crippen LogP contribution in [0.4, 0.5) is 0 Å². The second-order valence-corrected chi connectivity index (χ2v) is 5.70. The SMILES string of the molecule is C=C(C)COc1cccc(C(C)(C)CC(=O)O)c1Cl. The number of carboxylic acids is 1. The summed E-state index contributed by atoms with van der Waals surface area (Å²) in [6.45, 7) is 9.73. The predicted octanol–water partition coefficient (Wildman–Crippen LogP) is 4.05. The van der Waals surface area contributed by atoms with Crippen molar-refractivity contribution in [2.75, 3.05) is 6.61 Å². The van der Waals surface area contributed by atoms with Crippen LogP contribution >= 0.6 is 11.6 Å². The Morgan fingerprint density at radius 2 is 2.11 bits per heavy atom. The van der Waals surface area contributed by atoms with E-state index in [1.165, 1.54) is 0 Å². The monoisotopic (exact) mass is 282 g/mol. The number of hydrogen-bond donors (Lipinski definition) is 1. The Morgan fingerprint density at radius 1 is 1.47 bits per heavy atom. The van der Waals surface area contributed by atoms with Crippen LogP contribution in [-0.2, 0) is 10.2 Å². The van der Waals surface area contributed by atoms with Crippen LogP contribution in [0.1, 0.15) is 32.8 Å². The number of rotatable bonds is 6. The van der Waals surface area contributed by atoms with Crippen LogP contribution < -0.4 is 4.74 Å². The number of carboxylic acid groups (broad SMARTS) is 1. The third-order valence-corrected chi connectivity index (χ3v) is 3.15. The van der Waals surface area contributed by atoms with Crippen molar-refractivity contribution in [3.8, 4) is 5.75 Å². The molecule has 1 aromatic carbocycles. The van der Waals surface area contributed by atoms with Crippen LogP contribution in [0.3, 0.4) is 0 Å². The number of ether oxygens (including phenoxy) is 1. The lowest BCUT2D eigenvalue weighted by molar-refractivity contribution is -0.138. The van der Waals surface area contributed by atoms with Gasteiger partial charge in [0.25, 0.3) is 0 Å². The topological polar surface area (TPSA) is 46.5 Å². The quantitative estimate of drug-likeness (QED) is 0.801. The van der Waals surface area contributed by atoms with Gasteiger partial charge in [-0.15, -0.1) is 0 Å². The highest BCUT2D eigenvalue weighted by Crippen LogP contribution is 2.37. The summed E-state index contributed by atoms with van der Waals surface area (Å²) in [5.41, 5.74) is 1.12. The maximum Gasteiger partial charge on any atom is 0.304 e. The second kappa shape index (κ2) is 6.11. The zero-order valence-corrected chi connectivity index (χ0v) is 12.3. The average Bonchev–Trinajstić information content (AvgIpc) is 2.25. The molecular formula is C15H19ClO3. The highest BCUT2D eigenvalue weighted by molar-refractivity contribution is 6.33. The van der Waals surface area contributed by atoms with E-state index >= 15 is 0 Å². The summed E-state index contributed by atoms with van der Waals surface area (Å²) in [5.74, 6) is -0.296. The first-order valence-electron chi connectivity index (χ1n) is 6.02. The van der Waals surface area contributed by atoms with E-state index in [2.05, 4.69) is 6.58 Å². The van der Waals surface area contributed by atoms with Crippen LogP contribution in [0, 0.1) is 0 Å². The first kappa shape index (κ1) is 15.6. The zero-order valence-electron chi connectivity index (χ0n) is 11.5. The Morgan fingerprint density at radius 3 is 2.63 bits per heavy atom. The van der Waals surface area contributed by atoms with Crippen molar-refractivity contribution >= 4 is 17.6 Å². The molecule has 3 nitrogen and oxygen atoms in total. The third-order valence-electron chi connectivity index (χ3n) is 2.76. The van der Waals surface area contributed by atoms with Crippen LogP contribution in [0.5, 0.6) is 5.75 Å². The number of halogens is 1. The molecule has 4 heteroatoms. The molecule has 0 unspecified atom stereocenters. The first-order chi connectivity index (χ1) is 8.74. The molecule has 0 amide bonds. The molecule has 19 heavy (non-hydrogen) atoms. The molecule has 1 rings (SSSR count). The molecule has 0 aliphatic carbocycles. The van der Waals surface area contributed by atoms with Gasteiger partial charge in [-0.05, 0) is 24.1 Å². The lowest BCUT2D eigenvalue weighted by atomic mass is 9.81. The van der Waals surface area contributed by atoms with Gasteiger partial charge in [0.1, 0.15) is 12.4 Å². The molecule has 0 heterocycles. The summed E-state index contributed by atoms with van der Waals surface area (Å²) in [7, 11) is 0. The third kappa shape index (κ3) is 4.28. The molecule has 0 bridgehead atoms. The molecule has 0 aromatic heterocycles. The van der Waals surface area contributed by atoms with E-state index in [0.29, 0.717) is 17.4 Å². The van der Waals surface area contributed by atoms with E-state index in [0.717, 1.165) is 11.1 Å². The molecule has 104 valence electrons. The molecule has 1 aromatic rings. The molecule has 0 aliphatic rings. The van der Waals surface area contributed by atoms with Gasteiger partial charge in [0, 0.05) is 5.41 Å². The van der Waals surface area contributed by atoms with E-state index in [9.17, 15) is 4.79 Å². The van der Waals surface area contributed by atoms with E-state index < -0.39 is 11.4 Å². The van der Waals surface area contributed by atoms with E-state index in [-0.39, 0.29) is 6.42 Å². The van der Waals surface area contributed by atoms with Gasteiger partial charge in [0.2, 0.25) is 0 Å². The van der Waals surface area contributed by atoms with Gasteiger partial charge in [0.05, 0.1) is 11.4 Å². The van der Waals surface area contributed by atoms with Crippen LogP contribution in [-0.4, -0.2) is 17.7 Å². The first-order valence-corrected chi connectivity index (χ1v) is 6.40. The summed E-state index contributed by atoms with van der Waals surface area (Å²) in [5, 5.41) is 9.43. The second-order valence-electron chi connectivity index (χ2n) is 5.32. The smallest absolute Gasteiger partial charge is 0.304 e.